The molecule has 2 heterocycles. The number of hydrogen-bond donors (Lipinski definition) is 1. The first kappa shape index (κ1) is 7.98. The minimum atomic E-state index is 0.643. The van der Waals surface area contributed by atoms with Crippen molar-refractivity contribution in [2.75, 3.05) is 5.73 Å². The van der Waals surface area contributed by atoms with Gasteiger partial charge in [-0.3, -0.25) is 0 Å². The van der Waals surface area contributed by atoms with Crippen molar-refractivity contribution in [3.63, 3.8) is 0 Å². The molecule has 2 aromatic rings. The number of nitrogens with two attached hydrogens (primary N) is 1. The molecule has 3 heteroatoms. The van der Waals surface area contributed by atoms with Crippen LogP contribution in [-0.2, 0) is 0 Å². The normalized spacial score (nSPS) is 10.6. The molecule has 2 rings (SSSR count). The summed E-state index contributed by atoms with van der Waals surface area (Å²) in [6, 6.07) is 3.65. The van der Waals surface area contributed by atoms with E-state index in [9.17, 15) is 0 Å². The predicted octanol–water partition coefficient (Wildman–Crippen LogP) is 2.74. The molecule has 0 aliphatic heterocycles. The molecule has 0 saturated carbocycles. The molecular formula is C10H11NO2. The maximum Gasteiger partial charge on any atom is 0.160 e. The van der Waals surface area contributed by atoms with Crippen LogP contribution in [0.25, 0.3) is 11.3 Å². The first-order valence-corrected chi connectivity index (χ1v) is 4.09. The lowest BCUT2D eigenvalue weighted by atomic mass is 10.2. The average molecular weight is 177 g/mol. The summed E-state index contributed by atoms with van der Waals surface area (Å²) in [6.45, 7) is 3.79. The fourth-order valence-electron chi connectivity index (χ4n) is 1.39. The molecule has 0 amide bonds. The molecule has 0 atom stereocenters. The Labute approximate surface area is 76.1 Å². The van der Waals surface area contributed by atoms with Crippen LogP contribution in [0.4, 0.5) is 5.69 Å². The lowest BCUT2D eigenvalue weighted by Gasteiger charge is -1.94. The number of hydrogen-bond acceptors (Lipinski definition) is 3. The molecule has 2 aromatic heterocycles. The fourth-order valence-corrected chi connectivity index (χ4v) is 1.39. The molecule has 2 N–H and O–H groups in total. The Kier molecular flexibility index (Phi) is 1.65. The third kappa shape index (κ3) is 1.22. The number of anilines is 1. The second-order valence-electron chi connectivity index (χ2n) is 3.03. The topological polar surface area (TPSA) is 52.3 Å². The van der Waals surface area contributed by atoms with Crippen molar-refractivity contribution >= 4 is 5.69 Å². The minimum Gasteiger partial charge on any atom is -0.466 e. The van der Waals surface area contributed by atoms with E-state index in [-0.39, 0.29) is 0 Å². The van der Waals surface area contributed by atoms with Gasteiger partial charge in [0.15, 0.2) is 5.76 Å². The number of nitrogen functional groups attached to an aromatic ring is 1. The van der Waals surface area contributed by atoms with Crippen LogP contribution in [0.5, 0.6) is 0 Å². The number of rotatable bonds is 1. The van der Waals surface area contributed by atoms with Crippen LogP contribution in [0.1, 0.15) is 11.5 Å². The van der Waals surface area contributed by atoms with Crippen LogP contribution < -0.4 is 5.73 Å². The molecule has 0 radical (unpaired) electrons. The highest BCUT2D eigenvalue weighted by atomic mass is 16.3. The van der Waals surface area contributed by atoms with Gasteiger partial charge in [-0.25, -0.2) is 0 Å². The molecule has 0 bridgehead atoms. The van der Waals surface area contributed by atoms with Crippen molar-refractivity contribution in [3.8, 4) is 11.3 Å². The smallest absolute Gasteiger partial charge is 0.160 e. The summed E-state index contributed by atoms with van der Waals surface area (Å²) in [4.78, 5) is 0. The lowest BCUT2D eigenvalue weighted by Crippen LogP contribution is -1.84. The summed E-state index contributed by atoms with van der Waals surface area (Å²) >= 11 is 0. The molecule has 0 unspecified atom stereocenters. The second kappa shape index (κ2) is 2.69. The van der Waals surface area contributed by atoms with Gasteiger partial charge in [0, 0.05) is 6.07 Å². The SMILES string of the molecule is Cc1cc(-c2occc2N)c(C)o1. The highest BCUT2D eigenvalue weighted by molar-refractivity contribution is 5.72. The number of aryl methyl sites for hydroxylation is 2. The molecule has 0 saturated heterocycles. The highest BCUT2D eigenvalue weighted by Gasteiger charge is 2.12. The van der Waals surface area contributed by atoms with E-state index in [1.165, 1.54) is 0 Å². The van der Waals surface area contributed by atoms with E-state index in [0.717, 1.165) is 17.1 Å². The monoisotopic (exact) mass is 177 g/mol. The van der Waals surface area contributed by atoms with Crippen LogP contribution in [0.3, 0.4) is 0 Å². The van der Waals surface area contributed by atoms with Crippen LogP contribution in [-0.4, -0.2) is 0 Å². The molecule has 0 fully saturated rings. The molecule has 68 valence electrons. The van der Waals surface area contributed by atoms with Crippen molar-refractivity contribution in [2.45, 2.75) is 13.8 Å². The van der Waals surface area contributed by atoms with E-state index in [2.05, 4.69) is 0 Å². The van der Waals surface area contributed by atoms with E-state index in [0.29, 0.717) is 11.4 Å². The lowest BCUT2D eigenvalue weighted by molar-refractivity contribution is 0.503. The molecule has 0 aliphatic rings. The van der Waals surface area contributed by atoms with Crippen LogP contribution in [0.2, 0.25) is 0 Å². The Morgan fingerprint density at radius 1 is 1.31 bits per heavy atom. The molecule has 0 aliphatic carbocycles. The summed E-state index contributed by atoms with van der Waals surface area (Å²) < 4.78 is 10.6. The van der Waals surface area contributed by atoms with Gasteiger partial charge in [0.05, 0.1) is 17.5 Å². The summed E-state index contributed by atoms with van der Waals surface area (Å²) in [5, 5.41) is 0. The molecule has 13 heavy (non-hydrogen) atoms. The first-order valence-electron chi connectivity index (χ1n) is 4.09. The standard InChI is InChI=1S/C10H11NO2/c1-6-5-8(7(2)13-6)10-9(11)3-4-12-10/h3-5H,11H2,1-2H3. The first-order chi connectivity index (χ1) is 6.18. The molecule has 3 nitrogen and oxygen atoms in total. The highest BCUT2D eigenvalue weighted by Crippen LogP contribution is 2.31. The fraction of sp³-hybridized carbons (Fsp3) is 0.200. The van der Waals surface area contributed by atoms with Gasteiger partial charge in [-0.1, -0.05) is 0 Å². The Morgan fingerprint density at radius 2 is 2.08 bits per heavy atom. The van der Waals surface area contributed by atoms with Crippen LogP contribution >= 0.6 is 0 Å². The van der Waals surface area contributed by atoms with Gasteiger partial charge in [0.25, 0.3) is 0 Å². The summed E-state index contributed by atoms with van der Waals surface area (Å²) in [5.41, 5.74) is 7.29. The van der Waals surface area contributed by atoms with Gasteiger partial charge in [-0.2, -0.15) is 0 Å². The van der Waals surface area contributed by atoms with Gasteiger partial charge < -0.3 is 14.6 Å². The average Bonchev–Trinajstić information content (AvgIpc) is 2.58. The van der Waals surface area contributed by atoms with E-state index >= 15 is 0 Å². The maximum atomic E-state index is 5.72. The molecular weight excluding hydrogens is 166 g/mol. The largest absolute Gasteiger partial charge is 0.466 e. The zero-order chi connectivity index (χ0) is 9.42. The maximum absolute atomic E-state index is 5.72. The molecule has 0 aromatic carbocycles. The summed E-state index contributed by atoms with van der Waals surface area (Å²) in [5.74, 6) is 2.39. The van der Waals surface area contributed by atoms with Crippen molar-refractivity contribution in [3.05, 3.63) is 29.9 Å². The Morgan fingerprint density at radius 3 is 2.54 bits per heavy atom. The Balaban J connectivity index is 2.58. The van der Waals surface area contributed by atoms with Gasteiger partial charge in [0.1, 0.15) is 11.5 Å². The predicted molar refractivity (Wildman–Crippen MR) is 50.3 cm³/mol. The van der Waals surface area contributed by atoms with Gasteiger partial charge in [0.2, 0.25) is 0 Å². The van der Waals surface area contributed by atoms with E-state index < -0.39 is 0 Å². The zero-order valence-corrected chi connectivity index (χ0v) is 7.63. The van der Waals surface area contributed by atoms with Crippen molar-refractivity contribution in [2.24, 2.45) is 0 Å². The van der Waals surface area contributed by atoms with E-state index in [1.807, 2.05) is 19.9 Å². The Bertz CT molecular complexity index is 426. The molecule has 0 spiro atoms. The third-order valence-electron chi connectivity index (χ3n) is 1.98. The van der Waals surface area contributed by atoms with Crippen molar-refractivity contribution in [1.29, 1.82) is 0 Å². The van der Waals surface area contributed by atoms with Crippen molar-refractivity contribution in [1.82, 2.24) is 0 Å². The minimum absolute atomic E-state index is 0.643. The number of furan rings is 2. The van der Waals surface area contributed by atoms with Gasteiger partial charge >= 0.3 is 0 Å². The van der Waals surface area contributed by atoms with Gasteiger partial charge in [-0.15, -0.1) is 0 Å². The Hall–Kier alpha value is -1.64. The van der Waals surface area contributed by atoms with Crippen LogP contribution in [0, 0.1) is 13.8 Å². The summed E-state index contributed by atoms with van der Waals surface area (Å²) in [7, 11) is 0. The van der Waals surface area contributed by atoms with Gasteiger partial charge in [-0.05, 0) is 19.9 Å². The van der Waals surface area contributed by atoms with E-state index in [4.69, 9.17) is 14.6 Å². The quantitative estimate of drug-likeness (QED) is 0.728. The van der Waals surface area contributed by atoms with Crippen LogP contribution in [0.15, 0.2) is 27.2 Å². The third-order valence-corrected chi connectivity index (χ3v) is 1.98. The second-order valence-corrected chi connectivity index (χ2v) is 3.03. The summed E-state index contributed by atoms with van der Waals surface area (Å²) in [6.07, 6.45) is 1.58. The van der Waals surface area contributed by atoms with E-state index in [1.54, 1.807) is 12.3 Å². The zero-order valence-electron chi connectivity index (χ0n) is 7.63. The van der Waals surface area contributed by atoms with Crippen molar-refractivity contribution < 1.29 is 8.83 Å².